The molecule has 3 aliphatic heterocycles. The Morgan fingerprint density at radius 3 is 1.01 bits per heavy atom. The minimum absolute atomic E-state index is 0. The van der Waals surface area contributed by atoms with E-state index in [0.717, 1.165) is 6.42 Å². The summed E-state index contributed by atoms with van der Waals surface area (Å²) in [6.07, 6.45) is 25.7. The van der Waals surface area contributed by atoms with Gasteiger partial charge in [0.1, 0.15) is 0 Å². The number of fused-ring (bicyclic) bond motifs is 18. The smallest absolute Gasteiger partial charge is 0.681 e. The molecule has 3 aromatic heterocycles. The molecule has 9 aromatic rings. The van der Waals surface area contributed by atoms with Gasteiger partial charge in [-0.15, -0.1) is 69.2 Å². The van der Waals surface area contributed by atoms with Crippen LogP contribution in [0.3, 0.4) is 0 Å². The summed E-state index contributed by atoms with van der Waals surface area (Å²) in [6.45, 7) is 24.2. The first kappa shape index (κ1) is 92.3. The van der Waals surface area contributed by atoms with Crippen LogP contribution in [-0.2, 0) is 84.4 Å². The number of rotatable bonds is 7. The quantitative estimate of drug-likeness (QED) is 0.113. The second-order valence-corrected chi connectivity index (χ2v) is 33.4. The van der Waals surface area contributed by atoms with Gasteiger partial charge in [0.25, 0.3) is 0 Å². The Labute approximate surface area is 691 Å². The van der Waals surface area contributed by atoms with Crippen molar-refractivity contribution < 1.29 is 65.2 Å². The van der Waals surface area contributed by atoms with Crippen LogP contribution in [0.15, 0.2) is 146 Å². The van der Waals surface area contributed by atoms with E-state index in [-0.39, 0.29) is 132 Å². The van der Waals surface area contributed by atoms with Gasteiger partial charge in [-0.25, -0.2) is 0 Å². The van der Waals surface area contributed by atoms with Gasteiger partial charge >= 0.3 is 65.2 Å². The number of allylic oxidation sites excluding steroid dienone is 3. The summed E-state index contributed by atoms with van der Waals surface area (Å²) in [5.74, 6) is 9.77. The van der Waals surface area contributed by atoms with Gasteiger partial charge in [-0.1, -0.05) is 274 Å². The van der Waals surface area contributed by atoms with E-state index < -0.39 is 0 Å². The molecule has 0 amide bonds. The number of hydrogen-bond donors (Lipinski definition) is 0. The Balaban J connectivity index is 0.000000312. The number of aryl methyl sites for hydroxylation is 3. The van der Waals surface area contributed by atoms with Gasteiger partial charge in [-0.05, 0) is 177 Å². The van der Waals surface area contributed by atoms with Crippen molar-refractivity contribution in [3.63, 3.8) is 0 Å². The van der Waals surface area contributed by atoms with Gasteiger partial charge in [-0.3, -0.25) is 0 Å². The standard InChI is InChI=1S/2C29H32NS.C28H30NS.9CH3.3Ti/c1-16(2)23-14-12-19-8-7-10-22(29(19)30-23)26-17(3)18(4)27-21(26)13-15-25-28(27)20-9-5-6-11-24(20)31-25;1-4-8-20-14-13-19-9-7-11-23(29(19)30-20)26-17(2)18(3)27-22(26)15-16-25-28(27)21-10-5-6-12-24(21)31-25;1-4-19-13-12-18-8-7-10-22(28(18)29-19)25-16(2)17(3)26-21(25)14-15-24-27(26)20-9-5-6-11-23(20)30-24;;;;;;;;;;;;/h5-11,13,15-18,21,23,26-27H,12,14H2,1-4H3;5-7,9-12,15-18,20,22,26-27H,4,8,13-14H2,1-3H3;5-11,14-17,19,21,25-26H,4,12-13H2,1-3H3;9*1H3;;;/q12*-1;3*+4. The molecule has 9 heteroatoms. The Morgan fingerprint density at radius 2 is 0.673 bits per heavy atom. The predicted octanol–water partition coefficient (Wildman–Crippen LogP) is 30.0. The molecule has 0 saturated heterocycles. The summed E-state index contributed by atoms with van der Waals surface area (Å²) in [5.41, 5.74) is 17.9. The summed E-state index contributed by atoms with van der Waals surface area (Å²) in [6, 6.07) is 49.6. The zero-order valence-electron chi connectivity index (χ0n) is 66.5. The van der Waals surface area contributed by atoms with Crippen molar-refractivity contribution in [2.45, 2.75) is 181 Å². The van der Waals surface area contributed by atoms with E-state index in [1.54, 1.807) is 16.7 Å². The Kier molecular flexibility index (Phi) is 33.8. The van der Waals surface area contributed by atoms with E-state index in [9.17, 15) is 0 Å². The van der Waals surface area contributed by atoms with E-state index in [2.05, 4.69) is 233 Å². The van der Waals surface area contributed by atoms with Crippen LogP contribution in [0.1, 0.15) is 208 Å². The van der Waals surface area contributed by atoms with Gasteiger partial charge < -0.3 is 82.8 Å². The number of para-hydroxylation sites is 3. The molecule has 3 fully saturated rings. The monoisotopic (exact) mass is 1540 g/mol. The summed E-state index contributed by atoms with van der Waals surface area (Å²) >= 11 is 5.91. The molecular weight excluding hydrogens is 1420 g/mol. The Hall–Kier alpha value is -4.04. The Morgan fingerprint density at radius 1 is 0.365 bits per heavy atom. The van der Waals surface area contributed by atoms with Crippen LogP contribution < -0.4 is 0 Å². The van der Waals surface area contributed by atoms with Crippen LogP contribution in [0, 0.1) is 126 Å². The first-order valence-corrected chi connectivity index (χ1v) is 38.4. The molecule has 18 rings (SSSR count). The molecule has 9 aliphatic rings. The fourth-order valence-corrected chi connectivity index (χ4v) is 23.8. The largest absolute Gasteiger partial charge is 4.00 e. The molecule has 546 valence electrons. The predicted molar refractivity (Wildman–Crippen MR) is 457 cm³/mol. The van der Waals surface area contributed by atoms with Gasteiger partial charge in [0.15, 0.2) is 0 Å². The van der Waals surface area contributed by atoms with Crippen LogP contribution >= 0.6 is 34.0 Å². The normalized spacial score (nSPS) is 27.8. The molecule has 3 saturated carbocycles. The van der Waals surface area contributed by atoms with Crippen molar-refractivity contribution >= 4 is 99.6 Å². The third-order valence-corrected chi connectivity index (χ3v) is 28.7. The number of nitrogens with zero attached hydrogens (tertiary/aromatic N) is 3. The van der Waals surface area contributed by atoms with Crippen molar-refractivity contribution in [2.24, 2.45) is 59.2 Å². The van der Waals surface area contributed by atoms with Crippen molar-refractivity contribution in [1.29, 1.82) is 0 Å². The van der Waals surface area contributed by atoms with E-state index in [1.807, 2.05) is 34.0 Å². The second kappa shape index (κ2) is 38.1. The molecule has 0 spiro atoms. The molecule has 18 unspecified atom stereocenters. The molecule has 0 bridgehead atoms. The summed E-state index contributed by atoms with van der Waals surface area (Å²) in [5, 5.41) is 20.4. The maximum atomic E-state index is 5.35. The fraction of sp³-hybridized carbons (Fsp3) is 0.400. The zero-order valence-corrected chi connectivity index (χ0v) is 73.6. The minimum atomic E-state index is 0. The van der Waals surface area contributed by atoms with Gasteiger partial charge in [-0.2, -0.15) is 0 Å². The summed E-state index contributed by atoms with van der Waals surface area (Å²) in [7, 11) is 0. The van der Waals surface area contributed by atoms with E-state index in [4.69, 9.17) is 16.0 Å². The van der Waals surface area contributed by atoms with Crippen LogP contribution in [-0.4, -0.2) is 18.1 Å². The molecule has 6 aliphatic carbocycles. The van der Waals surface area contributed by atoms with E-state index >= 15 is 0 Å². The van der Waals surface area contributed by atoms with E-state index in [0.29, 0.717) is 113 Å². The van der Waals surface area contributed by atoms with Crippen molar-refractivity contribution in [2.75, 3.05) is 0 Å². The molecule has 0 radical (unpaired) electrons. The van der Waals surface area contributed by atoms with Crippen LogP contribution in [0.25, 0.3) is 64.4 Å². The van der Waals surface area contributed by atoms with Gasteiger partial charge in [0.2, 0.25) is 0 Å². The van der Waals surface area contributed by atoms with Gasteiger partial charge in [0, 0.05) is 28.7 Å². The molecular formula is C95H121N3S3Ti3. The Bertz CT molecular complexity index is 4360. The van der Waals surface area contributed by atoms with Crippen LogP contribution in [0.4, 0.5) is 17.1 Å². The third kappa shape index (κ3) is 15.7. The zero-order chi connectivity index (χ0) is 62.8. The maximum absolute atomic E-state index is 5.35. The molecule has 6 heterocycles. The van der Waals surface area contributed by atoms with Crippen molar-refractivity contribution in [3.05, 3.63) is 293 Å². The van der Waals surface area contributed by atoms with Crippen LogP contribution in [0.2, 0.25) is 0 Å². The first-order valence-electron chi connectivity index (χ1n) is 36.0. The molecule has 0 N–H and O–H groups in total. The summed E-state index contributed by atoms with van der Waals surface area (Å²) < 4.78 is 4.32. The SMILES string of the molecule is CC(C)C1CCc2cccc(C3C(C)C(C)C4c5c(sc6ccccc56)C=CC34)c2[N-]1.CCC1CCc2cccc(C3C(C)C(C)C4c5c(sc6ccccc56)C=CC34)c2[N-]1.CCCC1CCc2cccc(C3C(C)C(C)C4c5c(sc6ccccc56)C=CC34)c2[N-]1.[CH3-].[CH3-].[CH3-].[CH3-].[CH3-].[CH3-].[CH3-].[CH3-].[CH3-].[Ti+4].[Ti+4].[Ti+4]. The third-order valence-electron chi connectivity index (χ3n) is 25.3. The summed E-state index contributed by atoms with van der Waals surface area (Å²) in [4.78, 5) is 4.47. The molecule has 3 nitrogen and oxygen atoms in total. The minimum Gasteiger partial charge on any atom is -0.681 e. The topological polar surface area (TPSA) is 42.3 Å². The molecule has 18 atom stereocenters. The number of benzene rings is 6. The molecule has 6 aromatic carbocycles. The van der Waals surface area contributed by atoms with Gasteiger partial charge in [0.05, 0.1) is 0 Å². The van der Waals surface area contributed by atoms with E-state index in [1.165, 1.54) is 147 Å². The molecule has 104 heavy (non-hydrogen) atoms. The number of thiophene rings is 3. The average Bonchev–Trinajstić information content (AvgIpc) is 1.57. The maximum Gasteiger partial charge on any atom is 4.00 e. The number of hydrogen-bond acceptors (Lipinski definition) is 3. The van der Waals surface area contributed by atoms with Crippen LogP contribution in [0.5, 0.6) is 0 Å². The average molecular weight is 1540 g/mol. The first-order chi connectivity index (χ1) is 44.9. The van der Waals surface area contributed by atoms with Crippen molar-refractivity contribution in [3.8, 4) is 0 Å². The fourth-order valence-electron chi connectivity index (χ4n) is 20.3. The van der Waals surface area contributed by atoms with Crippen molar-refractivity contribution in [1.82, 2.24) is 0 Å². The second-order valence-electron chi connectivity index (χ2n) is 30.1.